The van der Waals surface area contributed by atoms with Crippen molar-refractivity contribution in [2.24, 2.45) is 0 Å². The third-order valence-electron chi connectivity index (χ3n) is 2.76. The molecule has 0 saturated heterocycles. The van der Waals surface area contributed by atoms with E-state index in [-0.39, 0.29) is 0 Å². The highest BCUT2D eigenvalue weighted by Crippen LogP contribution is 2.35. The van der Waals surface area contributed by atoms with Gasteiger partial charge in [0.2, 0.25) is 0 Å². The molecule has 1 aromatic heterocycles. The van der Waals surface area contributed by atoms with Gasteiger partial charge in [-0.05, 0) is 37.3 Å². The summed E-state index contributed by atoms with van der Waals surface area (Å²) >= 11 is 1.58. The summed E-state index contributed by atoms with van der Waals surface area (Å²) in [6, 6.07) is 9.35. The molecule has 0 spiro atoms. The van der Waals surface area contributed by atoms with Crippen LogP contribution in [-0.4, -0.2) is 19.3 Å². The number of hydrogen-bond acceptors (Lipinski definition) is 4. The van der Waals surface area contributed by atoms with E-state index in [1.165, 1.54) is 4.88 Å². The molecule has 0 aliphatic heterocycles. The van der Waals surface area contributed by atoms with Gasteiger partial charge in [-0.15, -0.1) is 11.3 Å². The molecule has 3 nitrogen and oxygen atoms in total. The maximum atomic E-state index is 10.4. The summed E-state index contributed by atoms with van der Waals surface area (Å²) in [7, 11) is 3.20. The Morgan fingerprint density at radius 3 is 2.44 bits per heavy atom. The molecule has 0 bridgehead atoms. The number of thiophene rings is 1. The van der Waals surface area contributed by atoms with E-state index in [4.69, 9.17) is 9.47 Å². The number of ether oxygens (including phenoxy) is 2. The first-order chi connectivity index (χ1) is 8.65. The smallest absolute Gasteiger partial charge is 0.125 e. The van der Waals surface area contributed by atoms with Gasteiger partial charge in [0.1, 0.15) is 17.6 Å². The zero-order valence-corrected chi connectivity index (χ0v) is 11.5. The Morgan fingerprint density at radius 2 is 1.89 bits per heavy atom. The average Bonchev–Trinajstić information content (AvgIpc) is 2.83. The predicted molar refractivity (Wildman–Crippen MR) is 72.7 cm³/mol. The molecule has 0 fully saturated rings. The molecule has 0 aliphatic rings. The Labute approximate surface area is 111 Å². The molecule has 2 rings (SSSR count). The van der Waals surface area contributed by atoms with Gasteiger partial charge >= 0.3 is 0 Å². The highest BCUT2D eigenvalue weighted by molar-refractivity contribution is 7.12. The van der Waals surface area contributed by atoms with Gasteiger partial charge < -0.3 is 14.6 Å². The second kappa shape index (κ2) is 5.42. The van der Waals surface area contributed by atoms with Crippen LogP contribution in [0.25, 0.3) is 0 Å². The third kappa shape index (κ3) is 2.49. The first kappa shape index (κ1) is 12.9. The normalized spacial score (nSPS) is 12.2. The lowest BCUT2D eigenvalue weighted by atomic mass is 10.1. The quantitative estimate of drug-likeness (QED) is 0.922. The van der Waals surface area contributed by atoms with Crippen molar-refractivity contribution < 1.29 is 14.6 Å². The molecular formula is C14H16O3S. The second-order valence-corrected chi connectivity index (χ2v) is 5.28. The molecule has 1 unspecified atom stereocenters. The standard InChI is InChI=1S/C14H16O3S/c1-9-4-7-13(18-9)14(15)11-8-10(16-2)5-6-12(11)17-3/h4-8,14-15H,1-3H3. The van der Waals surface area contributed by atoms with Crippen LogP contribution in [-0.2, 0) is 0 Å². The van der Waals surface area contributed by atoms with Crippen LogP contribution in [0.3, 0.4) is 0 Å². The van der Waals surface area contributed by atoms with E-state index in [9.17, 15) is 5.11 Å². The van der Waals surface area contributed by atoms with Gasteiger partial charge in [-0.3, -0.25) is 0 Å². The van der Waals surface area contributed by atoms with Gasteiger partial charge in [0, 0.05) is 15.3 Å². The molecule has 1 N–H and O–H groups in total. The van der Waals surface area contributed by atoms with E-state index in [0.29, 0.717) is 11.5 Å². The van der Waals surface area contributed by atoms with Crippen LogP contribution in [0.2, 0.25) is 0 Å². The molecule has 1 atom stereocenters. The average molecular weight is 264 g/mol. The van der Waals surface area contributed by atoms with Gasteiger partial charge in [0.15, 0.2) is 0 Å². The summed E-state index contributed by atoms with van der Waals surface area (Å²) in [5.41, 5.74) is 0.721. The molecule has 18 heavy (non-hydrogen) atoms. The number of aliphatic hydroxyl groups excluding tert-OH is 1. The number of hydrogen-bond donors (Lipinski definition) is 1. The molecule has 0 saturated carbocycles. The molecule has 2 aromatic rings. The Balaban J connectivity index is 2.41. The minimum atomic E-state index is -0.686. The summed E-state index contributed by atoms with van der Waals surface area (Å²) in [6.45, 7) is 2.02. The van der Waals surface area contributed by atoms with Crippen molar-refractivity contribution in [2.75, 3.05) is 14.2 Å². The molecule has 0 aliphatic carbocycles. The van der Waals surface area contributed by atoms with E-state index in [0.717, 1.165) is 10.4 Å². The third-order valence-corrected chi connectivity index (χ3v) is 3.82. The van der Waals surface area contributed by atoms with Gasteiger partial charge in [0.25, 0.3) is 0 Å². The minimum Gasteiger partial charge on any atom is -0.497 e. The first-order valence-electron chi connectivity index (χ1n) is 5.62. The molecular weight excluding hydrogens is 248 g/mol. The van der Waals surface area contributed by atoms with Crippen LogP contribution in [0, 0.1) is 6.92 Å². The highest BCUT2D eigenvalue weighted by Gasteiger charge is 2.17. The van der Waals surface area contributed by atoms with Crippen LogP contribution < -0.4 is 9.47 Å². The van der Waals surface area contributed by atoms with Crippen molar-refractivity contribution in [3.63, 3.8) is 0 Å². The van der Waals surface area contributed by atoms with Gasteiger partial charge in [0.05, 0.1) is 14.2 Å². The van der Waals surface area contributed by atoms with Crippen molar-refractivity contribution in [3.05, 3.63) is 45.6 Å². The maximum absolute atomic E-state index is 10.4. The van der Waals surface area contributed by atoms with E-state index in [2.05, 4.69) is 0 Å². The van der Waals surface area contributed by atoms with Crippen LogP contribution >= 0.6 is 11.3 Å². The maximum Gasteiger partial charge on any atom is 0.125 e. The van der Waals surface area contributed by atoms with E-state index in [1.807, 2.05) is 25.1 Å². The minimum absolute atomic E-state index is 0.661. The Hall–Kier alpha value is -1.52. The zero-order valence-electron chi connectivity index (χ0n) is 10.6. The van der Waals surface area contributed by atoms with Crippen molar-refractivity contribution in [1.82, 2.24) is 0 Å². The topological polar surface area (TPSA) is 38.7 Å². The number of rotatable bonds is 4. The Morgan fingerprint density at radius 1 is 1.11 bits per heavy atom. The fourth-order valence-corrected chi connectivity index (χ4v) is 2.69. The van der Waals surface area contributed by atoms with Gasteiger partial charge in [-0.25, -0.2) is 0 Å². The largest absolute Gasteiger partial charge is 0.497 e. The fraction of sp³-hybridized carbons (Fsp3) is 0.286. The zero-order chi connectivity index (χ0) is 13.1. The van der Waals surface area contributed by atoms with Crippen molar-refractivity contribution >= 4 is 11.3 Å². The number of methoxy groups -OCH3 is 2. The van der Waals surface area contributed by atoms with E-state index in [1.54, 1.807) is 37.7 Å². The Bertz CT molecular complexity index is 534. The first-order valence-corrected chi connectivity index (χ1v) is 6.43. The summed E-state index contributed by atoms with van der Waals surface area (Å²) in [5.74, 6) is 1.37. The monoisotopic (exact) mass is 264 g/mol. The highest BCUT2D eigenvalue weighted by atomic mass is 32.1. The van der Waals surface area contributed by atoms with Crippen molar-refractivity contribution in [1.29, 1.82) is 0 Å². The summed E-state index contributed by atoms with van der Waals surface area (Å²) < 4.78 is 10.5. The summed E-state index contributed by atoms with van der Waals surface area (Å²) in [5, 5.41) is 10.4. The van der Waals surface area contributed by atoms with Crippen LogP contribution in [0.15, 0.2) is 30.3 Å². The van der Waals surface area contributed by atoms with Gasteiger partial charge in [-0.2, -0.15) is 0 Å². The van der Waals surface area contributed by atoms with Crippen LogP contribution in [0.4, 0.5) is 0 Å². The molecule has 4 heteroatoms. The van der Waals surface area contributed by atoms with Crippen LogP contribution in [0.1, 0.15) is 21.4 Å². The fourth-order valence-electron chi connectivity index (χ4n) is 1.81. The molecule has 1 aromatic carbocycles. The number of aliphatic hydroxyl groups is 1. The molecule has 96 valence electrons. The van der Waals surface area contributed by atoms with E-state index < -0.39 is 6.10 Å². The second-order valence-electron chi connectivity index (χ2n) is 3.96. The SMILES string of the molecule is COc1ccc(OC)c(C(O)c2ccc(C)s2)c1. The van der Waals surface area contributed by atoms with Crippen LogP contribution in [0.5, 0.6) is 11.5 Å². The lowest BCUT2D eigenvalue weighted by Crippen LogP contribution is -2.01. The van der Waals surface area contributed by atoms with Crippen molar-refractivity contribution in [2.45, 2.75) is 13.0 Å². The predicted octanol–water partition coefficient (Wildman–Crippen LogP) is 3.16. The van der Waals surface area contributed by atoms with Crippen molar-refractivity contribution in [3.8, 4) is 11.5 Å². The summed E-state index contributed by atoms with van der Waals surface area (Å²) in [6.07, 6.45) is -0.686. The summed E-state index contributed by atoms with van der Waals surface area (Å²) in [4.78, 5) is 2.07. The Kier molecular flexibility index (Phi) is 3.89. The lowest BCUT2D eigenvalue weighted by molar-refractivity contribution is 0.218. The molecule has 1 heterocycles. The molecule has 0 radical (unpaired) electrons. The number of benzene rings is 1. The lowest BCUT2D eigenvalue weighted by Gasteiger charge is -2.14. The van der Waals surface area contributed by atoms with Gasteiger partial charge in [-0.1, -0.05) is 0 Å². The number of aryl methyl sites for hydroxylation is 1. The van der Waals surface area contributed by atoms with E-state index >= 15 is 0 Å². The molecule has 0 amide bonds.